The quantitative estimate of drug-likeness (QED) is 0.805. The molecule has 0 spiro atoms. The second kappa shape index (κ2) is 11.0. The van der Waals surface area contributed by atoms with Crippen molar-refractivity contribution in [3.05, 3.63) is 71.5 Å². The van der Waals surface area contributed by atoms with Crippen LogP contribution in [-0.2, 0) is 17.9 Å². The smallest absolute Gasteiger partial charge is 0.123 e. The molecule has 2 nitrogen and oxygen atoms in total. The zero-order valence-electron chi connectivity index (χ0n) is 12.6. The van der Waals surface area contributed by atoms with Gasteiger partial charge in [0.25, 0.3) is 0 Å². The van der Waals surface area contributed by atoms with Crippen LogP contribution in [0.5, 0.6) is 0 Å². The fourth-order valence-corrected chi connectivity index (χ4v) is 1.63. The van der Waals surface area contributed by atoms with Crippen LogP contribution in [0.3, 0.4) is 0 Å². The highest BCUT2D eigenvalue weighted by atomic mass is 19.1. The van der Waals surface area contributed by atoms with Gasteiger partial charge in [-0.05, 0) is 29.7 Å². The summed E-state index contributed by atoms with van der Waals surface area (Å²) in [6, 6.07) is 16.4. The molecule has 2 rings (SSSR count). The predicted molar refractivity (Wildman–Crippen MR) is 85.3 cm³/mol. The Hall–Kier alpha value is -1.71. The third kappa shape index (κ3) is 8.23. The Balaban J connectivity index is 0.000000219. The van der Waals surface area contributed by atoms with Crippen LogP contribution in [0.15, 0.2) is 54.6 Å². The molecule has 0 atom stereocenters. The predicted octanol–water partition coefficient (Wildman–Crippen LogP) is 4.29. The van der Waals surface area contributed by atoms with Crippen molar-refractivity contribution in [1.82, 2.24) is 0 Å². The number of nitrogens with two attached hydrogens (primary N) is 1. The first-order valence-corrected chi connectivity index (χ1v) is 7.32. The maximum atomic E-state index is 12.2. The average molecular weight is 289 g/mol. The van der Waals surface area contributed by atoms with Crippen molar-refractivity contribution >= 4 is 0 Å². The van der Waals surface area contributed by atoms with Gasteiger partial charge in [0, 0.05) is 13.2 Å². The Bertz CT molecular complexity index is 470. The number of hydrogen-bond acceptors (Lipinski definition) is 2. The summed E-state index contributed by atoms with van der Waals surface area (Å²) in [6.07, 6.45) is 2.36. The van der Waals surface area contributed by atoms with E-state index in [9.17, 15) is 4.39 Å². The summed E-state index contributed by atoms with van der Waals surface area (Å²) >= 11 is 0. The van der Waals surface area contributed by atoms with E-state index in [1.807, 2.05) is 18.2 Å². The molecule has 0 saturated heterocycles. The van der Waals surface area contributed by atoms with Gasteiger partial charge in [-0.1, -0.05) is 55.8 Å². The minimum Gasteiger partial charge on any atom is -0.377 e. The van der Waals surface area contributed by atoms with Gasteiger partial charge in [-0.15, -0.1) is 0 Å². The largest absolute Gasteiger partial charge is 0.377 e. The Kier molecular flexibility index (Phi) is 9.09. The minimum atomic E-state index is -0.216. The zero-order chi connectivity index (χ0) is 15.3. The molecule has 0 amide bonds. The van der Waals surface area contributed by atoms with E-state index < -0.39 is 0 Å². The second-order valence-corrected chi connectivity index (χ2v) is 4.72. The molecule has 21 heavy (non-hydrogen) atoms. The van der Waals surface area contributed by atoms with Crippen LogP contribution in [0, 0.1) is 5.82 Å². The molecule has 0 radical (unpaired) electrons. The fourth-order valence-electron chi connectivity index (χ4n) is 1.63. The first-order valence-electron chi connectivity index (χ1n) is 7.32. The van der Waals surface area contributed by atoms with Gasteiger partial charge in [-0.3, -0.25) is 0 Å². The second-order valence-electron chi connectivity index (χ2n) is 4.72. The first kappa shape index (κ1) is 17.3. The summed E-state index contributed by atoms with van der Waals surface area (Å²) in [5.74, 6) is -0.216. The average Bonchev–Trinajstić information content (AvgIpc) is 2.54. The topological polar surface area (TPSA) is 35.2 Å². The van der Waals surface area contributed by atoms with Crippen LogP contribution in [-0.4, -0.2) is 6.61 Å². The van der Waals surface area contributed by atoms with Crippen LogP contribution in [0.25, 0.3) is 0 Å². The molecule has 114 valence electrons. The van der Waals surface area contributed by atoms with Crippen molar-refractivity contribution in [2.75, 3.05) is 6.61 Å². The molecular weight excluding hydrogens is 265 g/mol. The van der Waals surface area contributed by atoms with Crippen molar-refractivity contribution in [2.45, 2.75) is 32.9 Å². The third-order valence-corrected chi connectivity index (χ3v) is 2.90. The molecule has 0 heterocycles. The van der Waals surface area contributed by atoms with Gasteiger partial charge in [0.15, 0.2) is 0 Å². The number of ether oxygens (including phenoxy) is 1. The molecule has 0 unspecified atom stereocenters. The van der Waals surface area contributed by atoms with E-state index in [1.165, 1.54) is 24.1 Å². The molecule has 0 aliphatic heterocycles. The van der Waals surface area contributed by atoms with Crippen LogP contribution in [0.4, 0.5) is 4.39 Å². The van der Waals surface area contributed by atoms with E-state index in [0.29, 0.717) is 6.54 Å². The molecule has 0 fully saturated rings. The molecule has 0 aromatic heterocycles. The molecule has 0 bridgehead atoms. The molecule has 2 aromatic rings. The standard InChI is InChI=1S/C11H16O.C7H8FN/c1-2-3-9-12-10-11-7-5-4-6-8-11;8-7-3-1-6(5-9)2-4-7/h4-8H,2-3,9-10H2,1H3;1-4H,5,9H2. The SMILES string of the molecule is CCCCOCc1ccccc1.NCc1ccc(F)cc1. The van der Waals surface area contributed by atoms with Crippen LogP contribution in [0.2, 0.25) is 0 Å². The van der Waals surface area contributed by atoms with Gasteiger partial charge in [0.05, 0.1) is 6.61 Å². The van der Waals surface area contributed by atoms with Crippen molar-refractivity contribution in [1.29, 1.82) is 0 Å². The van der Waals surface area contributed by atoms with E-state index in [2.05, 4.69) is 19.1 Å². The lowest BCUT2D eigenvalue weighted by Gasteiger charge is -2.02. The molecule has 3 heteroatoms. The summed E-state index contributed by atoms with van der Waals surface area (Å²) in [4.78, 5) is 0. The normalized spacial score (nSPS) is 9.86. The Morgan fingerprint density at radius 3 is 2.19 bits per heavy atom. The van der Waals surface area contributed by atoms with Crippen LogP contribution in [0.1, 0.15) is 30.9 Å². The van der Waals surface area contributed by atoms with Gasteiger partial charge in [-0.25, -0.2) is 4.39 Å². The number of halogens is 1. The van der Waals surface area contributed by atoms with E-state index in [-0.39, 0.29) is 5.82 Å². The Labute approximate surface area is 126 Å². The van der Waals surface area contributed by atoms with Gasteiger partial charge >= 0.3 is 0 Å². The summed E-state index contributed by atoms with van der Waals surface area (Å²) in [5, 5.41) is 0. The van der Waals surface area contributed by atoms with Crippen molar-refractivity contribution in [3.63, 3.8) is 0 Å². The highest BCUT2D eigenvalue weighted by Gasteiger charge is 1.90. The first-order chi connectivity index (χ1) is 10.3. The van der Waals surface area contributed by atoms with Gasteiger partial charge in [0.1, 0.15) is 5.82 Å². The lowest BCUT2D eigenvalue weighted by Crippen LogP contribution is -1.94. The van der Waals surface area contributed by atoms with E-state index in [0.717, 1.165) is 25.2 Å². The minimum absolute atomic E-state index is 0.216. The number of unbranched alkanes of at least 4 members (excludes halogenated alkanes) is 1. The molecule has 0 aliphatic rings. The van der Waals surface area contributed by atoms with E-state index >= 15 is 0 Å². The maximum absolute atomic E-state index is 12.2. The van der Waals surface area contributed by atoms with Gasteiger partial charge in [0.2, 0.25) is 0 Å². The number of rotatable bonds is 6. The van der Waals surface area contributed by atoms with Crippen molar-refractivity contribution in [3.8, 4) is 0 Å². The summed E-state index contributed by atoms with van der Waals surface area (Å²) in [5.41, 5.74) is 7.49. The van der Waals surface area contributed by atoms with Gasteiger partial charge < -0.3 is 10.5 Å². The molecule has 0 aliphatic carbocycles. The van der Waals surface area contributed by atoms with Crippen molar-refractivity contribution < 1.29 is 9.13 Å². The summed E-state index contributed by atoms with van der Waals surface area (Å²) in [6.45, 7) is 4.28. The number of benzene rings is 2. The third-order valence-electron chi connectivity index (χ3n) is 2.90. The highest BCUT2D eigenvalue weighted by Crippen LogP contribution is 2.01. The number of hydrogen-bond donors (Lipinski definition) is 1. The van der Waals surface area contributed by atoms with Crippen LogP contribution >= 0.6 is 0 Å². The highest BCUT2D eigenvalue weighted by molar-refractivity contribution is 5.15. The zero-order valence-corrected chi connectivity index (χ0v) is 12.6. The summed E-state index contributed by atoms with van der Waals surface area (Å²) < 4.78 is 17.6. The molecular formula is C18H24FNO. The fraction of sp³-hybridized carbons (Fsp3) is 0.333. The van der Waals surface area contributed by atoms with Crippen molar-refractivity contribution in [2.24, 2.45) is 5.73 Å². The lowest BCUT2D eigenvalue weighted by atomic mass is 10.2. The van der Waals surface area contributed by atoms with Gasteiger partial charge in [-0.2, -0.15) is 0 Å². The molecule has 0 saturated carbocycles. The van der Waals surface area contributed by atoms with E-state index in [4.69, 9.17) is 10.5 Å². The van der Waals surface area contributed by atoms with E-state index in [1.54, 1.807) is 12.1 Å². The maximum Gasteiger partial charge on any atom is 0.123 e. The van der Waals surface area contributed by atoms with Crippen LogP contribution < -0.4 is 5.73 Å². The molecule has 2 aromatic carbocycles. The Morgan fingerprint density at radius 1 is 0.952 bits per heavy atom. The Morgan fingerprint density at radius 2 is 1.62 bits per heavy atom. The monoisotopic (exact) mass is 289 g/mol. The summed E-state index contributed by atoms with van der Waals surface area (Å²) in [7, 11) is 0. The molecule has 2 N–H and O–H groups in total. The lowest BCUT2D eigenvalue weighted by molar-refractivity contribution is 0.118.